The minimum atomic E-state index is -1.12. The molecule has 5 rings (SSSR count). The summed E-state index contributed by atoms with van der Waals surface area (Å²) >= 11 is 0. The maximum Gasteiger partial charge on any atom is 0.408 e. The van der Waals surface area contributed by atoms with Gasteiger partial charge < -0.3 is 29.5 Å². The van der Waals surface area contributed by atoms with Gasteiger partial charge in [-0.25, -0.2) is 19.6 Å². The normalized spacial score (nSPS) is 28.4. The average molecular weight is 597 g/mol. The Bertz CT molecular complexity index is 1360. The van der Waals surface area contributed by atoms with E-state index in [1.54, 1.807) is 0 Å². The van der Waals surface area contributed by atoms with Crippen LogP contribution in [0.4, 0.5) is 4.79 Å². The summed E-state index contributed by atoms with van der Waals surface area (Å²) in [6.45, 7) is 9.89. The van der Waals surface area contributed by atoms with Gasteiger partial charge in [-0.2, -0.15) is 0 Å². The molecular weight excluding hydrogens is 552 g/mol. The number of fused-ring (bicyclic) bond motifs is 5. The lowest BCUT2D eigenvalue weighted by Gasteiger charge is -2.34. The number of alkyl carbamates (subject to hydrolysis) is 1. The summed E-state index contributed by atoms with van der Waals surface area (Å²) in [5, 5.41) is 13.1. The van der Waals surface area contributed by atoms with Crippen molar-refractivity contribution in [1.82, 2.24) is 20.2 Å². The monoisotopic (exact) mass is 596 g/mol. The van der Waals surface area contributed by atoms with Crippen molar-refractivity contribution >= 4 is 29.0 Å². The summed E-state index contributed by atoms with van der Waals surface area (Å²) in [6, 6.07) is 3.48. The summed E-state index contributed by atoms with van der Waals surface area (Å²) in [5.74, 6) is -0.727. The topological polar surface area (TPSA) is 140 Å². The van der Waals surface area contributed by atoms with Gasteiger partial charge in [-0.3, -0.25) is 4.79 Å². The van der Waals surface area contributed by atoms with Crippen molar-refractivity contribution in [1.29, 1.82) is 0 Å². The van der Waals surface area contributed by atoms with Crippen LogP contribution >= 0.6 is 0 Å². The molecule has 6 unspecified atom stereocenters. The van der Waals surface area contributed by atoms with Crippen LogP contribution in [0.3, 0.4) is 0 Å². The van der Waals surface area contributed by atoms with E-state index in [2.05, 4.69) is 5.32 Å². The van der Waals surface area contributed by atoms with E-state index in [0.717, 1.165) is 43.3 Å². The van der Waals surface area contributed by atoms with E-state index in [9.17, 15) is 19.5 Å². The van der Waals surface area contributed by atoms with E-state index < -0.39 is 47.5 Å². The molecule has 1 saturated heterocycles. The fourth-order valence-corrected chi connectivity index (χ4v) is 6.39. The van der Waals surface area contributed by atoms with E-state index in [1.807, 2.05) is 52.8 Å². The maximum absolute atomic E-state index is 14.1. The van der Waals surface area contributed by atoms with E-state index >= 15 is 0 Å². The summed E-state index contributed by atoms with van der Waals surface area (Å²) in [4.78, 5) is 50.7. The number of carboxylic acids is 1. The zero-order chi connectivity index (χ0) is 30.9. The second-order valence-corrected chi connectivity index (χ2v) is 13.0. The smallest absolute Gasteiger partial charge is 0.408 e. The molecule has 2 aromatic rings. The number of hydrogen-bond acceptors (Lipinski definition) is 8. The fraction of sp³-hybridized carbons (Fsp3) is 0.656. The van der Waals surface area contributed by atoms with Gasteiger partial charge in [0.05, 0.1) is 24.2 Å². The Kier molecular flexibility index (Phi) is 8.99. The molecular formula is C32H44N4O7. The van der Waals surface area contributed by atoms with Crippen LogP contribution in [0.5, 0.6) is 11.6 Å². The third-order valence-electron chi connectivity index (χ3n) is 8.83. The van der Waals surface area contributed by atoms with Gasteiger partial charge in [0.15, 0.2) is 0 Å². The third-order valence-corrected chi connectivity index (χ3v) is 8.83. The van der Waals surface area contributed by atoms with Gasteiger partial charge in [0.25, 0.3) is 0 Å². The second-order valence-electron chi connectivity index (χ2n) is 13.0. The van der Waals surface area contributed by atoms with Gasteiger partial charge in [-0.15, -0.1) is 0 Å². The average Bonchev–Trinajstić information content (AvgIpc) is 3.56. The molecule has 2 bridgehead atoms. The molecule has 0 radical (unpaired) electrons. The summed E-state index contributed by atoms with van der Waals surface area (Å²) in [6.07, 6.45) is 4.32. The Morgan fingerprint density at radius 1 is 1.09 bits per heavy atom. The fourth-order valence-electron chi connectivity index (χ4n) is 6.39. The third kappa shape index (κ3) is 6.80. The zero-order valence-corrected chi connectivity index (χ0v) is 25.8. The lowest BCUT2D eigenvalue weighted by Crippen LogP contribution is -2.57. The quantitative estimate of drug-likeness (QED) is 0.512. The molecule has 11 nitrogen and oxygen atoms in total. The van der Waals surface area contributed by atoms with Crippen LogP contribution in [0.1, 0.15) is 78.8 Å². The van der Waals surface area contributed by atoms with Crippen LogP contribution in [0, 0.1) is 17.3 Å². The van der Waals surface area contributed by atoms with Crippen LogP contribution in [-0.4, -0.2) is 75.4 Å². The minimum absolute atomic E-state index is 0.0421. The van der Waals surface area contributed by atoms with Gasteiger partial charge in [0.2, 0.25) is 11.8 Å². The van der Waals surface area contributed by atoms with Crippen LogP contribution < -0.4 is 14.8 Å². The van der Waals surface area contributed by atoms with E-state index in [0.29, 0.717) is 42.5 Å². The number of ether oxygens (including phenoxy) is 3. The highest BCUT2D eigenvalue weighted by molar-refractivity contribution is 5.90. The number of nitrogens with zero attached hydrogens (tertiary/aromatic N) is 3. The lowest BCUT2D eigenvalue weighted by molar-refractivity contribution is -0.151. The van der Waals surface area contributed by atoms with Crippen molar-refractivity contribution in [2.24, 2.45) is 17.3 Å². The number of aromatic nitrogens is 2. The number of aliphatic carboxylic acids is 1. The maximum atomic E-state index is 14.1. The van der Waals surface area contributed by atoms with Crippen LogP contribution in [0.25, 0.3) is 11.0 Å². The number of rotatable bonds is 4. The lowest BCUT2D eigenvalue weighted by atomic mass is 9.85. The molecule has 2 N–H and O–H groups in total. The number of benzene rings is 1. The first-order chi connectivity index (χ1) is 20.5. The van der Waals surface area contributed by atoms with Crippen LogP contribution in [-0.2, 0) is 20.7 Å². The first kappa shape index (κ1) is 30.8. The highest BCUT2D eigenvalue weighted by Gasteiger charge is 2.51. The number of carbonyl (C=O) groups excluding carboxylic acids is 2. The van der Waals surface area contributed by atoms with Gasteiger partial charge in [0.1, 0.15) is 35.7 Å². The predicted molar refractivity (Wildman–Crippen MR) is 159 cm³/mol. The highest BCUT2D eigenvalue weighted by Crippen LogP contribution is 2.39. The largest absolute Gasteiger partial charge is 0.494 e. The molecule has 11 heteroatoms. The Labute approximate surface area is 252 Å². The molecule has 1 saturated carbocycles. The van der Waals surface area contributed by atoms with Crippen molar-refractivity contribution in [3.8, 4) is 11.6 Å². The number of carbonyl (C=O) groups is 3. The minimum Gasteiger partial charge on any atom is -0.494 e. The molecule has 234 valence electrons. The molecule has 0 spiro atoms. The zero-order valence-electron chi connectivity index (χ0n) is 25.8. The first-order valence-electron chi connectivity index (χ1n) is 15.6. The molecule has 6 atom stereocenters. The Balaban J connectivity index is 1.53. The van der Waals surface area contributed by atoms with Crippen molar-refractivity contribution in [2.45, 2.75) is 104 Å². The molecule has 2 amide bonds. The van der Waals surface area contributed by atoms with Crippen molar-refractivity contribution in [3.63, 3.8) is 0 Å². The van der Waals surface area contributed by atoms with E-state index in [1.165, 1.54) is 4.90 Å². The number of nitrogens with one attached hydrogen (secondary N) is 1. The Morgan fingerprint density at radius 3 is 2.58 bits per heavy atom. The van der Waals surface area contributed by atoms with Crippen LogP contribution in [0.2, 0.25) is 0 Å². The number of amides is 2. The Hall–Kier alpha value is -3.63. The SMILES string of the molecule is CCOc1ccc2nc3c(nc2c1)OC1CN(C(=O)C(C(C)(C)C)NC(=O)OC2CC2CCCCC3)C(C(=O)O)C1CC. The standard InChI is InChI=1S/C32H44N4O7/c1-6-20-25-17-36(26(20)30(38)39)29(37)27(32(3,4)5)35-31(40)43-24-15-18(24)11-9-8-10-12-22-28(42-25)34-23-16-19(41-7-2)13-14-21(23)33-22/h13-14,16,18,20,24-27H,6-12,15,17H2,1-5H3,(H,35,40)(H,38,39). The van der Waals surface area contributed by atoms with Crippen molar-refractivity contribution in [2.75, 3.05) is 13.2 Å². The second kappa shape index (κ2) is 12.5. The Morgan fingerprint density at radius 2 is 1.88 bits per heavy atom. The molecule has 3 aliphatic rings. The number of hydrogen-bond donors (Lipinski definition) is 2. The first-order valence-corrected chi connectivity index (χ1v) is 15.6. The number of carboxylic acid groups (broad SMARTS) is 1. The van der Waals surface area contributed by atoms with Gasteiger partial charge >= 0.3 is 12.1 Å². The molecule has 2 aliphatic heterocycles. The van der Waals surface area contributed by atoms with Crippen molar-refractivity contribution in [3.05, 3.63) is 23.9 Å². The predicted octanol–water partition coefficient (Wildman–Crippen LogP) is 4.74. The van der Waals surface area contributed by atoms with Gasteiger partial charge in [0, 0.05) is 12.0 Å². The van der Waals surface area contributed by atoms with E-state index in [-0.39, 0.29) is 12.6 Å². The van der Waals surface area contributed by atoms with Crippen LogP contribution in [0.15, 0.2) is 18.2 Å². The molecule has 43 heavy (non-hydrogen) atoms. The summed E-state index contributed by atoms with van der Waals surface area (Å²) < 4.78 is 17.9. The highest BCUT2D eigenvalue weighted by atomic mass is 16.6. The molecule has 2 fully saturated rings. The van der Waals surface area contributed by atoms with Gasteiger partial charge in [-0.1, -0.05) is 40.5 Å². The number of aryl methyl sites for hydroxylation is 1. The summed E-state index contributed by atoms with van der Waals surface area (Å²) in [5.41, 5.74) is 1.37. The molecule has 1 aromatic carbocycles. The van der Waals surface area contributed by atoms with E-state index in [4.69, 9.17) is 24.2 Å². The molecule has 3 heterocycles. The molecule has 1 aliphatic carbocycles. The summed E-state index contributed by atoms with van der Waals surface area (Å²) in [7, 11) is 0. The van der Waals surface area contributed by atoms with Gasteiger partial charge in [-0.05, 0) is 62.5 Å². The molecule has 1 aromatic heterocycles. The van der Waals surface area contributed by atoms with Crippen molar-refractivity contribution < 1.29 is 33.7 Å².